The highest BCUT2D eigenvalue weighted by Crippen LogP contribution is 2.34. The second-order valence-electron chi connectivity index (χ2n) is 6.74. The topological polar surface area (TPSA) is 77.9 Å². The third-order valence-corrected chi connectivity index (χ3v) is 5.59. The lowest BCUT2D eigenvalue weighted by molar-refractivity contribution is -0.142. The first-order chi connectivity index (χ1) is 11.9. The molecule has 1 aliphatic heterocycles. The maximum Gasteiger partial charge on any atom is 0.306 e. The number of nitrogens with zero attached hydrogens (tertiary/aromatic N) is 2. The Labute approximate surface area is 151 Å². The molecular formula is C18H21ClN2O4. The van der Waals surface area contributed by atoms with Crippen LogP contribution in [0.3, 0.4) is 0 Å². The monoisotopic (exact) mass is 364 g/mol. The van der Waals surface area contributed by atoms with Crippen LogP contribution in [0.5, 0.6) is 0 Å². The van der Waals surface area contributed by atoms with E-state index in [0.29, 0.717) is 42.9 Å². The van der Waals surface area contributed by atoms with Crippen LogP contribution >= 0.6 is 11.6 Å². The minimum atomic E-state index is -0.847. The Kier molecular flexibility index (Phi) is 4.99. The Morgan fingerprint density at radius 1 is 1.20 bits per heavy atom. The van der Waals surface area contributed by atoms with E-state index in [-0.39, 0.29) is 17.7 Å². The zero-order chi connectivity index (χ0) is 18.1. The van der Waals surface area contributed by atoms with Crippen molar-refractivity contribution in [1.82, 2.24) is 4.90 Å². The van der Waals surface area contributed by atoms with Crippen molar-refractivity contribution < 1.29 is 19.5 Å². The van der Waals surface area contributed by atoms with Crippen LogP contribution in [0.1, 0.15) is 25.7 Å². The molecule has 25 heavy (non-hydrogen) atoms. The quantitative estimate of drug-likeness (QED) is 0.889. The van der Waals surface area contributed by atoms with Gasteiger partial charge in [-0.2, -0.15) is 0 Å². The summed E-state index contributed by atoms with van der Waals surface area (Å²) < 4.78 is 0. The molecule has 7 heteroatoms. The Hall–Kier alpha value is -2.08. The second kappa shape index (κ2) is 7.04. The largest absolute Gasteiger partial charge is 0.481 e. The number of rotatable bonds is 4. The first-order valence-electron chi connectivity index (χ1n) is 8.45. The van der Waals surface area contributed by atoms with E-state index in [1.54, 1.807) is 30.1 Å². The standard InChI is InChI=1S/C18H21ClN2O4/c1-20(16(22)11-6-7-12(10-11)18(24)25)15-8-9-21(17(15)23)14-5-3-2-4-13(14)19/h2-5,11-12,15H,6-10H2,1H3,(H,24,25)/t11-,12+,15?/m1/s1. The summed E-state index contributed by atoms with van der Waals surface area (Å²) in [6.07, 6.45) is 1.98. The summed E-state index contributed by atoms with van der Waals surface area (Å²) in [6.45, 7) is 0.507. The van der Waals surface area contributed by atoms with Crippen LogP contribution in [0, 0.1) is 11.8 Å². The third-order valence-electron chi connectivity index (χ3n) is 5.27. The summed E-state index contributed by atoms with van der Waals surface area (Å²) in [4.78, 5) is 39.7. The number of carboxylic acids is 1. The van der Waals surface area contributed by atoms with Gasteiger partial charge in [0.2, 0.25) is 11.8 Å². The number of carbonyl (C=O) groups excluding carboxylic acids is 2. The number of aliphatic carboxylic acids is 1. The second-order valence-corrected chi connectivity index (χ2v) is 7.15. The van der Waals surface area contributed by atoms with Crippen molar-refractivity contribution in [1.29, 1.82) is 0 Å². The average molecular weight is 365 g/mol. The molecule has 1 aromatic rings. The molecule has 2 fully saturated rings. The number of carbonyl (C=O) groups is 3. The molecule has 1 unspecified atom stereocenters. The van der Waals surface area contributed by atoms with E-state index in [1.165, 1.54) is 4.90 Å². The van der Waals surface area contributed by atoms with E-state index in [1.807, 2.05) is 6.07 Å². The fraction of sp³-hybridized carbons (Fsp3) is 0.500. The molecule has 3 rings (SSSR count). The smallest absolute Gasteiger partial charge is 0.306 e. The van der Waals surface area contributed by atoms with Gasteiger partial charge in [-0.15, -0.1) is 0 Å². The van der Waals surface area contributed by atoms with Crippen LogP contribution in [-0.2, 0) is 14.4 Å². The van der Waals surface area contributed by atoms with Gasteiger partial charge in [-0.3, -0.25) is 14.4 Å². The fourth-order valence-corrected chi connectivity index (χ4v) is 4.04. The first kappa shape index (κ1) is 17.7. The highest BCUT2D eigenvalue weighted by Gasteiger charge is 2.41. The molecule has 1 heterocycles. The van der Waals surface area contributed by atoms with E-state index in [0.717, 1.165) is 0 Å². The predicted octanol–water partition coefficient (Wildman–Crippen LogP) is 2.40. The lowest BCUT2D eigenvalue weighted by atomic mass is 10.0. The van der Waals surface area contributed by atoms with Gasteiger partial charge in [0.1, 0.15) is 6.04 Å². The minimum Gasteiger partial charge on any atom is -0.481 e. The minimum absolute atomic E-state index is 0.136. The Balaban J connectivity index is 1.68. The number of anilines is 1. The van der Waals surface area contributed by atoms with Crippen molar-refractivity contribution in [2.75, 3.05) is 18.5 Å². The van der Waals surface area contributed by atoms with E-state index in [9.17, 15) is 14.4 Å². The molecule has 6 nitrogen and oxygen atoms in total. The summed E-state index contributed by atoms with van der Waals surface area (Å²) in [5.41, 5.74) is 0.657. The number of likely N-dealkylation sites (N-methyl/N-ethyl adjacent to an activating group) is 1. The number of hydrogen-bond donors (Lipinski definition) is 1. The molecule has 3 atom stereocenters. The van der Waals surface area contributed by atoms with Gasteiger partial charge in [0.15, 0.2) is 0 Å². The molecule has 1 aromatic carbocycles. The van der Waals surface area contributed by atoms with Gasteiger partial charge < -0.3 is 14.9 Å². The summed E-state index contributed by atoms with van der Waals surface area (Å²) in [5, 5.41) is 9.60. The number of para-hydroxylation sites is 1. The molecule has 1 saturated heterocycles. The van der Waals surface area contributed by atoms with Crippen LogP contribution in [-0.4, -0.2) is 47.4 Å². The molecule has 0 aromatic heterocycles. The maximum absolute atomic E-state index is 12.8. The van der Waals surface area contributed by atoms with Gasteiger partial charge in [0, 0.05) is 19.5 Å². The van der Waals surface area contributed by atoms with Crippen molar-refractivity contribution in [3.8, 4) is 0 Å². The van der Waals surface area contributed by atoms with Gasteiger partial charge in [0.25, 0.3) is 0 Å². The van der Waals surface area contributed by atoms with Crippen molar-refractivity contribution >= 4 is 35.1 Å². The van der Waals surface area contributed by atoms with Crippen LogP contribution in [0.15, 0.2) is 24.3 Å². The van der Waals surface area contributed by atoms with Crippen molar-refractivity contribution in [3.63, 3.8) is 0 Å². The van der Waals surface area contributed by atoms with E-state index in [4.69, 9.17) is 16.7 Å². The maximum atomic E-state index is 12.8. The van der Waals surface area contributed by atoms with Crippen LogP contribution in [0.4, 0.5) is 5.69 Å². The lowest BCUT2D eigenvalue weighted by Crippen LogP contribution is -2.45. The highest BCUT2D eigenvalue weighted by molar-refractivity contribution is 6.34. The van der Waals surface area contributed by atoms with Crippen molar-refractivity contribution in [3.05, 3.63) is 29.3 Å². The summed E-state index contributed by atoms with van der Waals surface area (Å²) in [5.74, 6) is -1.89. The number of benzene rings is 1. The van der Waals surface area contributed by atoms with E-state index < -0.39 is 17.9 Å². The zero-order valence-electron chi connectivity index (χ0n) is 14.0. The molecule has 0 radical (unpaired) electrons. The first-order valence-corrected chi connectivity index (χ1v) is 8.83. The SMILES string of the molecule is CN(C(=O)[C@@H]1CC[C@H](C(=O)O)C1)C1CCN(c2ccccc2Cl)C1=O. The Bertz CT molecular complexity index is 708. The van der Waals surface area contributed by atoms with Gasteiger partial charge in [-0.05, 0) is 37.8 Å². The highest BCUT2D eigenvalue weighted by atomic mass is 35.5. The predicted molar refractivity (Wildman–Crippen MR) is 93.4 cm³/mol. The molecule has 134 valence electrons. The molecule has 0 bridgehead atoms. The van der Waals surface area contributed by atoms with Crippen LogP contribution in [0.2, 0.25) is 5.02 Å². The summed E-state index contributed by atoms with van der Waals surface area (Å²) >= 11 is 6.18. The summed E-state index contributed by atoms with van der Waals surface area (Å²) in [6, 6.07) is 6.63. The van der Waals surface area contributed by atoms with Crippen LogP contribution < -0.4 is 4.90 Å². The molecular weight excluding hydrogens is 344 g/mol. The molecule has 1 saturated carbocycles. The van der Waals surface area contributed by atoms with Gasteiger partial charge in [0.05, 0.1) is 16.6 Å². The molecule has 2 aliphatic rings. The van der Waals surface area contributed by atoms with E-state index in [2.05, 4.69) is 0 Å². The lowest BCUT2D eigenvalue weighted by Gasteiger charge is -2.26. The van der Waals surface area contributed by atoms with Gasteiger partial charge in [-0.1, -0.05) is 23.7 Å². The molecule has 1 N–H and O–H groups in total. The zero-order valence-corrected chi connectivity index (χ0v) is 14.8. The number of halogens is 1. The van der Waals surface area contributed by atoms with Crippen molar-refractivity contribution in [2.24, 2.45) is 11.8 Å². The van der Waals surface area contributed by atoms with Gasteiger partial charge >= 0.3 is 5.97 Å². The van der Waals surface area contributed by atoms with Crippen LogP contribution in [0.25, 0.3) is 0 Å². The average Bonchev–Trinajstić information content (AvgIpc) is 3.21. The normalized spacial score (nSPS) is 26.1. The number of hydrogen-bond acceptors (Lipinski definition) is 3. The summed E-state index contributed by atoms with van der Waals surface area (Å²) in [7, 11) is 1.63. The van der Waals surface area contributed by atoms with Crippen molar-refractivity contribution in [2.45, 2.75) is 31.7 Å². The van der Waals surface area contributed by atoms with E-state index >= 15 is 0 Å². The Morgan fingerprint density at radius 2 is 1.88 bits per heavy atom. The Morgan fingerprint density at radius 3 is 2.52 bits per heavy atom. The van der Waals surface area contributed by atoms with Gasteiger partial charge in [-0.25, -0.2) is 0 Å². The number of carboxylic acid groups (broad SMARTS) is 1. The molecule has 1 aliphatic carbocycles. The molecule has 0 spiro atoms. The third kappa shape index (κ3) is 3.35. The molecule has 2 amide bonds. The fourth-order valence-electron chi connectivity index (χ4n) is 3.81. The number of amides is 2.